The smallest absolute Gasteiger partial charge is 0.303 e. The van der Waals surface area contributed by atoms with Crippen LogP contribution in [-0.4, -0.2) is 41.0 Å². The Hall–Kier alpha value is -3.08. The number of rotatable bonds is 13. The van der Waals surface area contributed by atoms with Crippen LogP contribution < -0.4 is 15.8 Å². The summed E-state index contributed by atoms with van der Waals surface area (Å²) < 4.78 is 5.81. The molecule has 0 aliphatic heterocycles. The first-order chi connectivity index (χ1) is 16.7. The number of anilines is 1. The molecule has 0 heterocycles. The van der Waals surface area contributed by atoms with Crippen molar-refractivity contribution in [2.24, 2.45) is 5.92 Å². The summed E-state index contributed by atoms with van der Waals surface area (Å²) >= 11 is 0. The van der Waals surface area contributed by atoms with Gasteiger partial charge in [-0.3, -0.25) is 4.79 Å². The zero-order valence-corrected chi connectivity index (χ0v) is 20.7. The lowest BCUT2D eigenvalue weighted by atomic mass is 9.88. The van der Waals surface area contributed by atoms with Crippen LogP contribution in [0.1, 0.15) is 61.8 Å². The van der Waals surface area contributed by atoms with Gasteiger partial charge < -0.3 is 26.0 Å². The Morgan fingerprint density at radius 3 is 2.57 bits per heavy atom. The van der Waals surface area contributed by atoms with Crippen LogP contribution in [0.3, 0.4) is 0 Å². The Morgan fingerprint density at radius 1 is 1.26 bits per heavy atom. The van der Waals surface area contributed by atoms with Crippen molar-refractivity contribution in [2.75, 3.05) is 18.9 Å². The van der Waals surface area contributed by atoms with Crippen LogP contribution >= 0.6 is 0 Å². The minimum atomic E-state index is -0.819. The van der Waals surface area contributed by atoms with Gasteiger partial charge in [0.2, 0.25) is 0 Å². The number of nitrogens with one attached hydrogen (secondary N) is 1. The van der Waals surface area contributed by atoms with Crippen LogP contribution in [0.5, 0.6) is 5.75 Å². The SMILES string of the molecule is CC(C)(CC1Cc2ccccc2C1)NC[C@@H](O)COc1cc(CCCCC(=O)O)c(N)cc1C#N. The van der Waals surface area contributed by atoms with Crippen molar-refractivity contribution >= 4 is 11.7 Å². The molecule has 0 radical (unpaired) electrons. The van der Waals surface area contributed by atoms with E-state index in [1.54, 1.807) is 12.1 Å². The first-order valence-electron chi connectivity index (χ1n) is 12.3. The average Bonchev–Trinajstić information content (AvgIpc) is 3.21. The molecule has 188 valence electrons. The molecule has 0 bridgehead atoms. The van der Waals surface area contributed by atoms with Gasteiger partial charge in [-0.25, -0.2) is 0 Å². The van der Waals surface area contributed by atoms with Gasteiger partial charge in [0.05, 0.1) is 5.56 Å². The van der Waals surface area contributed by atoms with Crippen LogP contribution in [0.25, 0.3) is 0 Å². The lowest BCUT2D eigenvalue weighted by molar-refractivity contribution is -0.137. The van der Waals surface area contributed by atoms with Gasteiger partial charge in [0.1, 0.15) is 24.5 Å². The molecule has 0 aromatic heterocycles. The quantitative estimate of drug-likeness (QED) is 0.254. The second kappa shape index (κ2) is 12.1. The lowest BCUT2D eigenvalue weighted by Gasteiger charge is -2.30. The zero-order chi connectivity index (χ0) is 25.4. The molecule has 1 aliphatic rings. The van der Waals surface area contributed by atoms with E-state index in [2.05, 4.69) is 49.5 Å². The van der Waals surface area contributed by atoms with Crippen molar-refractivity contribution in [3.8, 4) is 11.8 Å². The van der Waals surface area contributed by atoms with Crippen molar-refractivity contribution in [2.45, 2.75) is 70.4 Å². The van der Waals surface area contributed by atoms with Crippen molar-refractivity contribution in [3.63, 3.8) is 0 Å². The topological polar surface area (TPSA) is 129 Å². The van der Waals surface area contributed by atoms with E-state index >= 15 is 0 Å². The molecular weight excluding hydrogens is 442 g/mol. The summed E-state index contributed by atoms with van der Waals surface area (Å²) in [6, 6.07) is 14.0. The van der Waals surface area contributed by atoms with Gasteiger partial charge in [0.15, 0.2) is 0 Å². The summed E-state index contributed by atoms with van der Waals surface area (Å²) in [5.41, 5.74) is 10.5. The third-order valence-corrected chi connectivity index (χ3v) is 6.63. The summed E-state index contributed by atoms with van der Waals surface area (Å²) in [4.78, 5) is 10.7. The van der Waals surface area contributed by atoms with E-state index in [0.29, 0.717) is 48.7 Å². The van der Waals surface area contributed by atoms with Gasteiger partial charge in [-0.15, -0.1) is 0 Å². The van der Waals surface area contributed by atoms with E-state index in [-0.39, 0.29) is 18.6 Å². The number of unbranched alkanes of at least 4 members (excludes halogenated alkanes) is 1. The summed E-state index contributed by atoms with van der Waals surface area (Å²) in [5, 5.41) is 32.3. The Labute approximate surface area is 207 Å². The van der Waals surface area contributed by atoms with Gasteiger partial charge in [-0.1, -0.05) is 24.3 Å². The van der Waals surface area contributed by atoms with Gasteiger partial charge in [-0.2, -0.15) is 5.26 Å². The molecule has 0 spiro atoms. The number of benzene rings is 2. The molecule has 5 N–H and O–H groups in total. The lowest BCUT2D eigenvalue weighted by Crippen LogP contribution is -2.46. The Bertz CT molecular complexity index is 1040. The number of carboxylic acid groups (broad SMARTS) is 1. The number of aliphatic hydroxyl groups excluding tert-OH is 1. The number of hydrogen-bond donors (Lipinski definition) is 4. The maximum Gasteiger partial charge on any atom is 0.303 e. The standard InChI is InChI=1S/C28H37N3O4/c1-28(2,15-19-11-20-7-3-4-8-21(20)12-19)31-17-24(32)18-35-26-14-22(9-5-6-10-27(33)34)25(30)13-23(26)16-29/h3-4,7-8,13-14,19,24,31-32H,5-6,9-12,15,17-18,30H2,1-2H3,(H,33,34)/t24-/m1/s1. The molecule has 0 fully saturated rings. The fourth-order valence-corrected chi connectivity index (χ4v) is 4.88. The fraction of sp³-hybridized carbons (Fsp3) is 0.500. The molecule has 1 atom stereocenters. The highest BCUT2D eigenvalue weighted by molar-refractivity contribution is 5.66. The number of nitrogen functional groups attached to an aromatic ring is 1. The van der Waals surface area contributed by atoms with Gasteiger partial charge in [0, 0.05) is 24.2 Å². The second-order valence-electron chi connectivity index (χ2n) is 10.2. The minimum Gasteiger partial charge on any atom is -0.489 e. The number of carboxylic acids is 1. The molecule has 3 rings (SSSR count). The first-order valence-corrected chi connectivity index (χ1v) is 12.3. The molecule has 7 heteroatoms. The van der Waals surface area contributed by atoms with Crippen LogP contribution in [-0.2, 0) is 24.1 Å². The maximum atomic E-state index is 10.7. The number of ether oxygens (including phenoxy) is 1. The van der Waals surface area contributed by atoms with Gasteiger partial charge in [-0.05, 0) is 87.1 Å². The van der Waals surface area contributed by atoms with Crippen LogP contribution in [0, 0.1) is 17.2 Å². The second-order valence-corrected chi connectivity index (χ2v) is 10.2. The van der Waals surface area contributed by atoms with E-state index in [0.717, 1.165) is 24.8 Å². The molecule has 35 heavy (non-hydrogen) atoms. The van der Waals surface area contributed by atoms with Gasteiger partial charge >= 0.3 is 5.97 Å². The van der Waals surface area contributed by atoms with Crippen molar-refractivity contribution in [3.05, 3.63) is 58.7 Å². The number of carbonyl (C=O) groups is 1. The summed E-state index contributed by atoms with van der Waals surface area (Å²) in [6.07, 6.45) is 4.41. The van der Waals surface area contributed by atoms with E-state index in [1.807, 2.05) is 0 Å². The predicted octanol–water partition coefficient (Wildman–Crippen LogP) is 3.85. The number of aliphatic carboxylic acids is 1. The molecule has 2 aromatic rings. The number of fused-ring (bicyclic) bond motifs is 1. The van der Waals surface area contributed by atoms with Crippen LogP contribution in [0.4, 0.5) is 5.69 Å². The molecule has 0 saturated carbocycles. The highest BCUT2D eigenvalue weighted by atomic mass is 16.5. The fourth-order valence-electron chi connectivity index (χ4n) is 4.88. The average molecular weight is 480 g/mol. The zero-order valence-electron chi connectivity index (χ0n) is 20.7. The number of nitrogens with two attached hydrogens (primary N) is 1. The maximum absolute atomic E-state index is 10.7. The van der Waals surface area contributed by atoms with Crippen molar-refractivity contribution in [1.29, 1.82) is 5.26 Å². The third-order valence-electron chi connectivity index (χ3n) is 6.63. The minimum absolute atomic E-state index is 0.0506. The molecule has 1 aliphatic carbocycles. The normalized spacial score (nSPS) is 14.3. The largest absolute Gasteiger partial charge is 0.489 e. The molecule has 0 unspecified atom stereocenters. The Balaban J connectivity index is 1.48. The van der Waals surface area contributed by atoms with E-state index in [1.165, 1.54) is 11.1 Å². The Kier molecular flexibility index (Phi) is 9.13. The predicted molar refractivity (Wildman–Crippen MR) is 136 cm³/mol. The number of aryl methyl sites for hydroxylation is 1. The number of hydrogen-bond acceptors (Lipinski definition) is 6. The van der Waals surface area contributed by atoms with E-state index in [9.17, 15) is 15.2 Å². The first kappa shape index (κ1) is 26.5. The van der Waals surface area contributed by atoms with E-state index < -0.39 is 12.1 Å². The summed E-state index contributed by atoms with van der Waals surface area (Å²) in [5.74, 6) is 0.156. The number of β-amino-alcohol motifs (C(OH)–C–C–N with tert-alkyl or cyclic N) is 1. The van der Waals surface area contributed by atoms with Gasteiger partial charge in [0.25, 0.3) is 0 Å². The number of nitriles is 1. The van der Waals surface area contributed by atoms with Crippen molar-refractivity contribution < 1.29 is 19.7 Å². The van der Waals surface area contributed by atoms with Crippen molar-refractivity contribution in [1.82, 2.24) is 5.32 Å². The number of aliphatic hydroxyl groups is 1. The summed E-state index contributed by atoms with van der Waals surface area (Å²) in [6.45, 7) is 4.75. The molecule has 0 amide bonds. The highest BCUT2D eigenvalue weighted by Crippen LogP contribution is 2.32. The number of nitrogens with zero attached hydrogens (tertiary/aromatic N) is 1. The van der Waals surface area contributed by atoms with E-state index in [4.69, 9.17) is 15.6 Å². The monoisotopic (exact) mass is 479 g/mol. The Morgan fingerprint density at radius 2 is 1.94 bits per heavy atom. The third kappa shape index (κ3) is 7.98. The molecular formula is C28H37N3O4. The molecule has 2 aromatic carbocycles. The molecule has 0 saturated heterocycles. The van der Waals surface area contributed by atoms with Crippen LogP contribution in [0.15, 0.2) is 36.4 Å². The molecule has 7 nitrogen and oxygen atoms in total. The highest BCUT2D eigenvalue weighted by Gasteiger charge is 2.28. The van der Waals surface area contributed by atoms with Crippen LogP contribution in [0.2, 0.25) is 0 Å². The summed E-state index contributed by atoms with van der Waals surface area (Å²) in [7, 11) is 0.